The maximum atomic E-state index is 11.4. The van der Waals surface area contributed by atoms with E-state index in [9.17, 15) is 4.79 Å². The number of benzene rings is 1. The van der Waals surface area contributed by atoms with Crippen molar-refractivity contribution in [1.82, 2.24) is 5.32 Å². The van der Waals surface area contributed by atoms with Crippen LogP contribution in [0.5, 0.6) is 0 Å². The Balaban J connectivity index is 2.30. The number of carbonyl (C=O) groups is 1. The van der Waals surface area contributed by atoms with Gasteiger partial charge in [-0.25, -0.2) is 0 Å². The summed E-state index contributed by atoms with van der Waals surface area (Å²) in [6.07, 6.45) is 1.45. The lowest BCUT2D eigenvalue weighted by atomic mass is 10.1. The van der Waals surface area contributed by atoms with E-state index in [1.54, 1.807) is 0 Å². The molecule has 88 valence electrons. The summed E-state index contributed by atoms with van der Waals surface area (Å²) in [7, 11) is 0. The van der Waals surface area contributed by atoms with Crippen molar-refractivity contribution in [1.29, 1.82) is 0 Å². The maximum Gasteiger partial charge on any atom is 0.236 e. The normalized spacial score (nSPS) is 12.2. The van der Waals surface area contributed by atoms with Gasteiger partial charge in [-0.3, -0.25) is 4.79 Å². The van der Waals surface area contributed by atoms with E-state index in [4.69, 9.17) is 17.3 Å². The molecule has 0 saturated carbocycles. The smallest absolute Gasteiger partial charge is 0.236 e. The number of rotatable bonds is 5. The van der Waals surface area contributed by atoms with E-state index in [0.29, 0.717) is 13.0 Å². The lowest BCUT2D eigenvalue weighted by molar-refractivity contribution is -0.122. The highest BCUT2D eigenvalue weighted by Crippen LogP contribution is 2.09. The summed E-state index contributed by atoms with van der Waals surface area (Å²) in [5, 5.41) is 3.52. The van der Waals surface area contributed by atoms with Gasteiger partial charge in [0, 0.05) is 11.6 Å². The van der Waals surface area contributed by atoms with Gasteiger partial charge in [0.2, 0.25) is 5.91 Å². The number of amides is 1. The van der Waals surface area contributed by atoms with E-state index in [1.165, 1.54) is 0 Å². The number of hydrogen-bond donors (Lipinski definition) is 2. The summed E-state index contributed by atoms with van der Waals surface area (Å²) in [6.45, 7) is 2.50. The fourth-order valence-corrected chi connectivity index (χ4v) is 1.42. The van der Waals surface area contributed by atoms with Crippen LogP contribution in [0.1, 0.15) is 18.9 Å². The molecule has 0 fully saturated rings. The number of nitrogens with one attached hydrogen (secondary N) is 1. The Morgan fingerprint density at radius 3 is 2.62 bits per heavy atom. The van der Waals surface area contributed by atoms with E-state index in [2.05, 4.69) is 5.32 Å². The van der Waals surface area contributed by atoms with Gasteiger partial charge in [-0.2, -0.15) is 0 Å². The van der Waals surface area contributed by atoms with Crippen molar-refractivity contribution in [3.8, 4) is 0 Å². The molecule has 0 saturated heterocycles. The standard InChI is InChI=1S/C12H17ClN2O/c1-2-11(14)12(16)15-8-7-9-3-5-10(13)6-4-9/h3-6,11H,2,7-8,14H2,1H3,(H,15,16)/t11-/m0/s1. The summed E-state index contributed by atoms with van der Waals surface area (Å²) >= 11 is 5.77. The highest BCUT2D eigenvalue weighted by Gasteiger charge is 2.09. The molecule has 3 nitrogen and oxygen atoms in total. The van der Waals surface area contributed by atoms with Gasteiger partial charge in [0.25, 0.3) is 0 Å². The molecule has 0 heterocycles. The van der Waals surface area contributed by atoms with E-state index in [0.717, 1.165) is 17.0 Å². The second kappa shape index (κ2) is 6.51. The summed E-state index contributed by atoms with van der Waals surface area (Å²) in [5.74, 6) is -0.0866. The summed E-state index contributed by atoms with van der Waals surface area (Å²) in [6, 6.07) is 7.19. The molecule has 0 aliphatic carbocycles. The molecular formula is C12H17ClN2O. The second-order valence-corrected chi connectivity index (χ2v) is 4.12. The molecule has 1 amide bonds. The predicted molar refractivity (Wildman–Crippen MR) is 66.4 cm³/mol. The minimum Gasteiger partial charge on any atom is -0.354 e. The fraction of sp³-hybridized carbons (Fsp3) is 0.417. The molecule has 0 radical (unpaired) electrons. The summed E-state index contributed by atoms with van der Waals surface area (Å²) in [4.78, 5) is 11.4. The SMILES string of the molecule is CC[C@H](N)C(=O)NCCc1ccc(Cl)cc1. The van der Waals surface area contributed by atoms with Crippen molar-refractivity contribution < 1.29 is 4.79 Å². The van der Waals surface area contributed by atoms with E-state index >= 15 is 0 Å². The Bertz CT molecular complexity index is 337. The zero-order valence-electron chi connectivity index (χ0n) is 9.37. The van der Waals surface area contributed by atoms with Crippen LogP contribution in [0.15, 0.2) is 24.3 Å². The van der Waals surface area contributed by atoms with Crippen molar-refractivity contribution >= 4 is 17.5 Å². The lowest BCUT2D eigenvalue weighted by Gasteiger charge is -2.09. The second-order valence-electron chi connectivity index (χ2n) is 3.68. The molecule has 0 aliphatic rings. The topological polar surface area (TPSA) is 55.1 Å². The number of nitrogens with two attached hydrogens (primary N) is 1. The monoisotopic (exact) mass is 240 g/mol. The molecule has 0 aromatic heterocycles. The molecule has 1 rings (SSSR count). The molecule has 16 heavy (non-hydrogen) atoms. The molecular weight excluding hydrogens is 224 g/mol. The Kier molecular flexibility index (Phi) is 5.29. The highest BCUT2D eigenvalue weighted by molar-refractivity contribution is 6.30. The van der Waals surface area contributed by atoms with Crippen LogP contribution in [-0.4, -0.2) is 18.5 Å². The van der Waals surface area contributed by atoms with E-state index in [-0.39, 0.29) is 5.91 Å². The van der Waals surface area contributed by atoms with Crippen molar-refractivity contribution in [2.45, 2.75) is 25.8 Å². The number of hydrogen-bond acceptors (Lipinski definition) is 2. The largest absolute Gasteiger partial charge is 0.354 e. The first-order chi connectivity index (χ1) is 7.63. The van der Waals surface area contributed by atoms with Gasteiger partial charge in [0.15, 0.2) is 0 Å². The van der Waals surface area contributed by atoms with Gasteiger partial charge in [-0.05, 0) is 30.5 Å². The molecule has 0 spiro atoms. The van der Waals surface area contributed by atoms with Crippen molar-refractivity contribution in [2.75, 3.05) is 6.54 Å². The molecule has 0 bridgehead atoms. The summed E-state index contributed by atoms with van der Waals surface area (Å²) < 4.78 is 0. The average Bonchev–Trinajstić information content (AvgIpc) is 2.30. The first-order valence-corrected chi connectivity index (χ1v) is 5.79. The minimum atomic E-state index is -0.398. The van der Waals surface area contributed by atoms with Gasteiger partial charge in [-0.15, -0.1) is 0 Å². The average molecular weight is 241 g/mol. The Hall–Kier alpha value is -1.06. The number of halogens is 1. The van der Waals surface area contributed by atoms with Crippen LogP contribution in [0.25, 0.3) is 0 Å². The molecule has 1 aromatic rings. The van der Waals surface area contributed by atoms with Crippen molar-refractivity contribution in [3.05, 3.63) is 34.9 Å². The van der Waals surface area contributed by atoms with Crippen LogP contribution >= 0.6 is 11.6 Å². The Labute approximate surface area is 101 Å². The predicted octanol–water partition coefficient (Wildman–Crippen LogP) is 1.74. The molecule has 0 aliphatic heterocycles. The molecule has 1 aromatic carbocycles. The Morgan fingerprint density at radius 2 is 2.06 bits per heavy atom. The van der Waals surface area contributed by atoms with Crippen LogP contribution < -0.4 is 11.1 Å². The zero-order valence-corrected chi connectivity index (χ0v) is 10.1. The highest BCUT2D eigenvalue weighted by atomic mass is 35.5. The van der Waals surface area contributed by atoms with Gasteiger partial charge in [0.05, 0.1) is 6.04 Å². The molecule has 4 heteroatoms. The van der Waals surface area contributed by atoms with Crippen LogP contribution in [0, 0.1) is 0 Å². The van der Waals surface area contributed by atoms with Crippen molar-refractivity contribution in [2.24, 2.45) is 5.73 Å². The number of carbonyl (C=O) groups excluding carboxylic acids is 1. The van der Waals surface area contributed by atoms with Crippen LogP contribution in [0.2, 0.25) is 5.02 Å². The first kappa shape index (κ1) is 13.0. The fourth-order valence-electron chi connectivity index (χ4n) is 1.30. The van der Waals surface area contributed by atoms with E-state index in [1.807, 2.05) is 31.2 Å². The zero-order chi connectivity index (χ0) is 12.0. The minimum absolute atomic E-state index is 0.0866. The van der Waals surface area contributed by atoms with Crippen LogP contribution in [0.3, 0.4) is 0 Å². The van der Waals surface area contributed by atoms with Gasteiger partial charge < -0.3 is 11.1 Å². The molecule has 0 unspecified atom stereocenters. The van der Waals surface area contributed by atoms with Crippen molar-refractivity contribution in [3.63, 3.8) is 0 Å². The molecule has 1 atom stereocenters. The maximum absolute atomic E-state index is 11.4. The third-order valence-corrected chi connectivity index (χ3v) is 2.65. The van der Waals surface area contributed by atoms with Gasteiger partial charge in [0.1, 0.15) is 0 Å². The van der Waals surface area contributed by atoms with Gasteiger partial charge in [-0.1, -0.05) is 30.7 Å². The quantitative estimate of drug-likeness (QED) is 0.824. The Morgan fingerprint density at radius 1 is 1.44 bits per heavy atom. The third kappa shape index (κ3) is 4.21. The van der Waals surface area contributed by atoms with Crippen LogP contribution in [-0.2, 0) is 11.2 Å². The third-order valence-electron chi connectivity index (χ3n) is 2.40. The first-order valence-electron chi connectivity index (χ1n) is 5.41. The summed E-state index contributed by atoms with van der Waals surface area (Å²) in [5.41, 5.74) is 6.73. The lowest BCUT2D eigenvalue weighted by Crippen LogP contribution is -2.40. The van der Waals surface area contributed by atoms with Gasteiger partial charge >= 0.3 is 0 Å². The van der Waals surface area contributed by atoms with Crippen LogP contribution in [0.4, 0.5) is 0 Å². The molecule has 3 N–H and O–H groups in total. The van der Waals surface area contributed by atoms with E-state index < -0.39 is 6.04 Å².